The lowest BCUT2D eigenvalue weighted by Gasteiger charge is -2.43. The highest BCUT2D eigenvalue weighted by atomic mass is 19.4. The van der Waals surface area contributed by atoms with Gasteiger partial charge in [0.1, 0.15) is 6.61 Å². The van der Waals surface area contributed by atoms with E-state index >= 15 is 0 Å². The number of carbonyl (C=O) groups is 1. The Morgan fingerprint density at radius 2 is 1.89 bits per heavy atom. The molecule has 3 atom stereocenters. The van der Waals surface area contributed by atoms with E-state index in [4.69, 9.17) is 9.47 Å². The van der Waals surface area contributed by atoms with Crippen LogP contribution in [0.4, 0.5) is 13.2 Å². The maximum atomic E-state index is 14.1. The molecule has 10 heteroatoms. The van der Waals surface area contributed by atoms with E-state index in [-0.39, 0.29) is 30.4 Å². The van der Waals surface area contributed by atoms with Crippen LogP contribution in [-0.2, 0) is 10.9 Å². The minimum absolute atomic E-state index is 0.0847. The third-order valence-corrected chi connectivity index (χ3v) is 7.08. The zero-order chi connectivity index (χ0) is 25.3. The molecule has 0 radical (unpaired) electrons. The topological polar surface area (TPSA) is 77.4 Å². The molecule has 3 aromatic rings. The third-order valence-electron chi connectivity index (χ3n) is 7.08. The van der Waals surface area contributed by atoms with Crippen molar-refractivity contribution in [1.29, 1.82) is 0 Å². The number of amides is 1. The van der Waals surface area contributed by atoms with E-state index in [0.29, 0.717) is 30.0 Å². The molecule has 1 aliphatic carbocycles. The number of aromatic nitrogens is 3. The van der Waals surface area contributed by atoms with Gasteiger partial charge in [-0.25, -0.2) is 15.0 Å². The van der Waals surface area contributed by atoms with Gasteiger partial charge >= 0.3 is 6.18 Å². The minimum Gasteiger partial charge on any atom is -0.475 e. The second-order valence-corrected chi connectivity index (χ2v) is 9.21. The van der Waals surface area contributed by atoms with Crippen LogP contribution in [0, 0.1) is 5.92 Å². The summed E-state index contributed by atoms with van der Waals surface area (Å²) in [6.07, 6.45) is 1.88. The molecule has 1 aliphatic heterocycles. The Morgan fingerprint density at radius 1 is 1.11 bits per heavy atom. The Hall–Kier alpha value is -3.53. The Kier molecular flexibility index (Phi) is 6.38. The highest BCUT2D eigenvalue weighted by Crippen LogP contribution is 2.51. The molecule has 2 fully saturated rings. The van der Waals surface area contributed by atoms with Gasteiger partial charge in [-0.2, -0.15) is 13.2 Å². The van der Waals surface area contributed by atoms with Gasteiger partial charge in [-0.3, -0.25) is 4.79 Å². The molecular weight excluding hydrogens is 473 g/mol. The van der Waals surface area contributed by atoms with Gasteiger partial charge in [0.15, 0.2) is 5.82 Å². The highest BCUT2D eigenvalue weighted by Gasteiger charge is 2.58. The standard InChI is InChI=1S/C26H25F3N4O3/c1-35-15-21-17-9-10-25(13-17,16-36-22-8-7-18(14-32-22)26(27,28)29)33(21)24(34)20-6-3-2-5-19(20)23-30-11-4-12-31-23/h2-8,11-12,14,17,21H,9-10,13,15-16H2,1H3. The predicted molar refractivity (Wildman–Crippen MR) is 124 cm³/mol. The fourth-order valence-corrected chi connectivity index (χ4v) is 5.48. The summed E-state index contributed by atoms with van der Waals surface area (Å²) in [5.74, 6) is 0.597. The highest BCUT2D eigenvalue weighted by molar-refractivity contribution is 6.01. The summed E-state index contributed by atoms with van der Waals surface area (Å²) in [5, 5.41) is 0. The molecule has 1 saturated carbocycles. The van der Waals surface area contributed by atoms with Crippen LogP contribution in [0.2, 0.25) is 0 Å². The molecule has 2 bridgehead atoms. The molecule has 7 nitrogen and oxygen atoms in total. The first-order chi connectivity index (χ1) is 17.3. The second kappa shape index (κ2) is 9.50. The summed E-state index contributed by atoms with van der Waals surface area (Å²) >= 11 is 0. The summed E-state index contributed by atoms with van der Waals surface area (Å²) in [6.45, 7) is 0.499. The largest absolute Gasteiger partial charge is 0.475 e. The monoisotopic (exact) mass is 498 g/mol. The Bertz CT molecular complexity index is 1220. The summed E-state index contributed by atoms with van der Waals surface area (Å²) < 4.78 is 50.1. The van der Waals surface area contributed by atoms with E-state index in [1.807, 2.05) is 17.0 Å². The Labute approximate surface area is 206 Å². The van der Waals surface area contributed by atoms with Crippen molar-refractivity contribution in [2.45, 2.75) is 37.0 Å². The number of alkyl halides is 3. The van der Waals surface area contributed by atoms with Gasteiger partial charge in [0.05, 0.1) is 29.3 Å². The summed E-state index contributed by atoms with van der Waals surface area (Å²) in [6, 6.07) is 10.9. The molecule has 1 saturated heterocycles. The van der Waals surface area contributed by atoms with Crippen molar-refractivity contribution in [3.8, 4) is 17.3 Å². The maximum Gasteiger partial charge on any atom is 0.417 e. The van der Waals surface area contributed by atoms with Gasteiger partial charge in [-0.05, 0) is 43.4 Å². The fourth-order valence-electron chi connectivity index (χ4n) is 5.48. The maximum absolute atomic E-state index is 14.1. The normalized spacial score (nSPS) is 23.2. The third kappa shape index (κ3) is 4.41. The number of carbonyl (C=O) groups excluding carboxylic acids is 1. The first kappa shape index (κ1) is 24.2. The van der Waals surface area contributed by atoms with Crippen LogP contribution in [0.1, 0.15) is 35.2 Å². The average Bonchev–Trinajstić information content (AvgIpc) is 3.45. The predicted octanol–water partition coefficient (Wildman–Crippen LogP) is 4.65. The quantitative estimate of drug-likeness (QED) is 0.472. The van der Waals surface area contributed by atoms with Gasteiger partial charge in [-0.15, -0.1) is 0 Å². The molecule has 3 heterocycles. The van der Waals surface area contributed by atoms with Crippen LogP contribution in [-0.4, -0.2) is 57.7 Å². The van der Waals surface area contributed by atoms with E-state index in [9.17, 15) is 18.0 Å². The second-order valence-electron chi connectivity index (χ2n) is 9.21. The molecule has 2 aliphatic rings. The molecular formula is C26H25F3N4O3. The SMILES string of the molecule is COCC1C2CCC(COc3ccc(C(F)(F)F)cn3)(C2)N1C(=O)c1ccccc1-c1ncccn1. The van der Waals surface area contributed by atoms with Crippen molar-refractivity contribution in [2.24, 2.45) is 5.92 Å². The van der Waals surface area contributed by atoms with Crippen LogP contribution < -0.4 is 4.74 Å². The number of fused-ring (bicyclic) bond motifs is 2. The van der Waals surface area contributed by atoms with Crippen LogP contribution in [0.5, 0.6) is 5.88 Å². The van der Waals surface area contributed by atoms with Crippen LogP contribution in [0.3, 0.4) is 0 Å². The molecule has 2 aromatic heterocycles. The number of pyridine rings is 1. The molecule has 36 heavy (non-hydrogen) atoms. The first-order valence-electron chi connectivity index (χ1n) is 11.7. The lowest BCUT2D eigenvalue weighted by Crippen LogP contribution is -2.57. The van der Waals surface area contributed by atoms with Crippen LogP contribution in [0.15, 0.2) is 61.1 Å². The summed E-state index contributed by atoms with van der Waals surface area (Å²) in [7, 11) is 1.61. The zero-order valence-electron chi connectivity index (χ0n) is 19.6. The van der Waals surface area contributed by atoms with Crippen LogP contribution in [0.25, 0.3) is 11.4 Å². The molecule has 0 spiro atoms. The molecule has 0 N–H and O–H groups in total. The molecule has 3 unspecified atom stereocenters. The van der Waals surface area contributed by atoms with Crippen molar-refractivity contribution < 1.29 is 27.4 Å². The van der Waals surface area contributed by atoms with E-state index in [0.717, 1.165) is 25.1 Å². The average molecular weight is 499 g/mol. The number of hydrogen-bond donors (Lipinski definition) is 0. The number of ether oxygens (including phenoxy) is 2. The molecule has 1 aromatic carbocycles. The van der Waals surface area contributed by atoms with E-state index < -0.39 is 17.3 Å². The van der Waals surface area contributed by atoms with Crippen molar-refractivity contribution in [2.75, 3.05) is 20.3 Å². The van der Waals surface area contributed by atoms with Gasteiger partial charge in [0.25, 0.3) is 5.91 Å². The van der Waals surface area contributed by atoms with Crippen molar-refractivity contribution >= 4 is 5.91 Å². The summed E-state index contributed by atoms with van der Waals surface area (Å²) in [4.78, 5) is 28.4. The number of benzene rings is 1. The minimum atomic E-state index is -4.47. The number of hydrogen-bond acceptors (Lipinski definition) is 6. The molecule has 188 valence electrons. The number of nitrogens with zero attached hydrogens (tertiary/aromatic N) is 4. The van der Waals surface area contributed by atoms with Crippen molar-refractivity contribution in [1.82, 2.24) is 19.9 Å². The molecule has 5 rings (SSSR count). The van der Waals surface area contributed by atoms with E-state index in [1.165, 1.54) is 6.07 Å². The van der Waals surface area contributed by atoms with Gasteiger partial charge in [-0.1, -0.05) is 18.2 Å². The van der Waals surface area contributed by atoms with Gasteiger partial charge in [0, 0.05) is 37.3 Å². The number of rotatable bonds is 7. The molecule has 1 amide bonds. The fraction of sp³-hybridized carbons (Fsp3) is 0.385. The van der Waals surface area contributed by atoms with Crippen LogP contribution >= 0.6 is 0 Å². The van der Waals surface area contributed by atoms with Crippen molar-refractivity contribution in [3.63, 3.8) is 0 Å². The summed E-state index contributed by atoms with van der Waals surface area (Å²) in [5.41, 5.74) is -0.363. The first-order valence-corrected chi connectivity index (χ1v) is 11.7. The smallest absolute Gasteiger partial charge is 0.417 e. The number of likely N-dealkylation sites (tertiary alicyclic amines) is 1. The lowest BCUT2D eigenvalue weighted by atomic mass is 9.93. The van der Waals surface area contributed by atoms with Crippen molar-refractivity contribution in [3.05, 3.63) is 72.2 Å². The zero-order valence-corrected chi connectivity index (χ0v) is 19.6. The Morgan fingerprint density at radius 3 is 2.58 bits per heavy atom. The van der Waals surface area contributed by atoms with E-state index in [1.54, 1.807) is 37.7 Å². The Balaban J connectivity index is 1.45. The van der Waals surface area contributed by atoms with E-state index in [2.05, 4.69) is 15.0 Å². The number of halogens is 3. The van der Waals surface area contributed by atoms with Gasteiger partial charge < -0.3 is 14.4 Å². The lowest BCUT2D eigenvalue weighted by molar-refractivity contribution is -0.137. The number of methoxy groups -OCH3 is 1. The number of piperidine rings is 1. The van der Waals surface area contributed by atoms with Gasteiger partial charge in [0.2, 0.25) is 5.88 Å².